The topological polar surface area (TPSA) is 0 Å². The fourth-order valence-electron chi connectivity index (χ4n) is 0. The summed E-state index contributed by atoms with van der Waals surface area (Å²) in [6.07, 6.45) is 0. The molecule has 0 saturated heterocycles. The summed E-state index contributed by atoms with van der Waals surface area (Å²) in [5.41, 5.74) is 0. The minimum absolute atomic E-state index is 1.35. The summed E-state index contributed by atoms with van der Waals surface area (Å²) in [5.74, 6) is 0. The molecule has 0 bridgehead atoms. The second-order valence-corrected chi connectivity index (χ2v) is 13.2. The van der Waals surface area contributed by atoms with Crippen molar-refractivity contribution in [3.8, 4) is 0 Å². The van der Waals surface area contributed by atoms with Crippen LogP contribution in [0.25, 0.3) is 0 Å². The Balaban J connectivity index is 3.54. The molecule has 0 aliphatic heterocycles. The molecule has 0 aromatic heterocycles. The third kappa shape index (κ3) is 3.31. The first-order valence-electron chi connectivity index (χ1n) is 2.01. The van der Waals surface area contributed by atoms with Gasteiger partial charge in [0.25, 0.3) is 0 Å². The Morgan fingerprint density at radius 3 is 1.29 bits per heavy atom. The van der Waals surface area contributed by atoms with Gasteiger partial charge in [-0.05, 0) is 0 Å². The molecule has 0 unspecified atom stereocenters. The van der Waals surface area contributed by atoms with Gasteiger partial charge >= 0.3 is 48.6 Å². The molecule has 0 amide bonds. The van der Waals surface area contributed by atoms with Gasteiger partial charge in [0.05, 0.1) is 0 Å². The zero-order valence-electron chi connectivity index (χ0n) is 4.21. The number of rotatable bonds is 0. The second kappa shape index (κ2) is 2.32. The molecular weight excluding hydrogens is 300 g/mol. The summed E-state index contributed by atoms with van der Waals surface area (Å²) in [4.78, 5) is 0. The van der Waals surface area contributed by atoms with Crippen LogP contribution in [0.15, 0.2) is 0 Å². The fraction of sp³-hybridized carbons (Fsp3) is 1.00. The Labute approximate surface area is 48.8 Å². The second-order valence-electron chi connectivity index (χ2n) is 1.70. The molecule has 0 aromatic carbocycles. The molecule has 0 N–H and O–H groups in total. The first-order chi connectivity index (χ1) is 2.94. The van der Waals surface area contributed by atoms with Crippen LogP contribution < -0.4 is 0 Å². The van der Waals surface area contributed by atoms with Gasteiger partial charge in [0.2, 0.25) is 0 Å². The van der Waals surface area contributed by atoms with Crippen LogP contribution in [0.1, 0.15) is 0 Å². The fourth-order valence-corrected chi connectivity index (χ4v) is 0. The summed E-state index contributed by atoms with van der Waals surface area (Å²) in [7, 11) is 0. The molecule has 0 spiro atoms. The van der Waals surface area contributed by atoms with Crippen molar-refractivity contribution in [1.82, 2.24) is 0 Å². The number of hydrogen-bond donors (Lipinski definition) is 0. The van der Waals surface area contributed by atoms with Gasteiger partial charge < -0.3 is 0 Å². The third-order valence-electron chi connectivity index (χ3n) is 0.655. The van der Waals surface area contributed by atoms with Crippen LogP contribution in [0.4, 0.5) is 13.2 Å². The average Bonchev–Trinajstić information content (AvgIpc) is 1.31. The van der Waals surface area contributed by atoms with Crippen molar-refractivity contribution in [1.29, 1.82) is 0 Å². The molecule has 44 valence electrons. The maximum absolute atomic E-state index is 11.3. The van der Waals surface area contributed by atoms with Crippen LogP contribution >= 0.6 is 0 Å². The molecule has 0 aliphatic carbocycles. The molecular formula is C3H7F3Pb. The Bertz CT molecular complexity index is 55.7. The minimum atomic E-state index is -3.78. The molecule has 0 radical (unpaired) electrons. The van der Waals surface area contributed by atoms with Crippen molar-refractivity contribution in [2.45, 2.75) is 12.7 Å². The Kier molecular flexibility index (Phi) is 2.56. The zero-order valence-corrected chi connectivity index (χ0v) is 8.70. The van der Waals surface area contributed by atoms with Crippen molar-refractivity contribution in [2.24, 2.45) is 0 Å². The normalized spacial score (nSPS) is 12.9. The molecule has 0 fully saturated rings. The summed E-state index contributed by atoms with van der Waals surface area (Å²) in [5, 5.41) is 0. The molecule has 0 aromatic rings. The maximum atomic E-state index is 11.3. The standard InChI is InChI=1S/CF3.2CH3.Pb.H/c2-1(3)4;;;;/h;2*1H3;;. The predicted molar refractivity (Wildman–Crippen MR) is 24.9 cm³/mol. The van der Waals surface area contributed by atoms with E-state index in [1.54, 1.807) is 0 Å². The van der Waals surface area contributed by atoms with E-state index in [1.807, 2.05) is 0 Å². The van der Waals surface area contributed by atoms with E-state index in [1.165, 1.54) is 8.97 Å². The van der Waals surface area contributed by atoms with Crippen molar-refractivity contribution in [3.05, 3.63) is 0 Å². The van der Waals surface area contributed by atoms with Gasteiger partial charge in [0, 0.05) is 0 Å². The van der Waals surface area contributed by atoms with Crippen LogP contribution in [-0.4, -0.2) is 26.4 Å². The number of alkyl halides is 3. The van der Waals surface area contributed by atoms with Crippen LogP contribution in [0, 0.1) is 0 Å². The predicted octanol–water partition coefficient (Wildman–Crippen LogP) is 1.57. The summed E-state index contributed by atoms with van der Waals surface area (Å²) >= 11 is -3.05. The molecule has 0 aliphatic rings. The Morgan fingerprint density at radius 1 is 1.14 bits per heavy atom. The van der Waals surface area contributed by atoms with E-state index in [0.717, 1.165) is 0 Å². The van der Waals surface area contributed by atoms with Crippen molar-refractivity contribution in [2.75, 3.05) is 0 Å². The van der Waals surface area contributed by atoms with Crippen LogP contribution in [0.5, 0.6) is 0 Å². The van der Waals surface area contributed by atoms with Gasteiger partial charge in [-0.1, -0.05) is 0 Å². The van der Waals surface area contributed by atoms with Crippen LogP contribution in [0.2, 0.25) is 8.97 Å². The SMILES string of the molecule is [CH3][PbH]([CH3])[C](F)(F)F. The first kappa shape index (κ1) is 7.71. The van der Waals surface area contributed by atoms with Gasteiger partial charge in [-0.2, -0.15) is 0 Å². The Hall–Kier alpha value is 0.712. The quantitative estimate of drug-likeness (QED) is 0.596. The van der Waals surface area contributed by atoms with Crippen molar-refractivity contribution >= 4 is 22.7 Å². The summed E-state index contributed by atoms with van der Waals surface area (Å²) in [6, 6.07) is 0. The van der Waals surface area contributed by atoms with E-state index in [9.17, 15) is 13.2 Å². The van der Waals surface area contributed by atoms with Gasteiger partial charge in [-0.3, -0.25) is 0 Å². The van der Waals surface area contributed by atoms with E-state index in [-0.39, 0.29) is 0 Å². The van der Waals surface area contributed by atoms with Crippen molar-refractivity contribution in [3.63, 3.8) is 0 Å². The third-order valence-corrected chi connectivity index (χ3v) is 5.74. The summed E-state index contributed by atoms with van der Waals surface area (Å²) in [6.45, 7) is 0. The number of halogens is 3. The van der Waals surface area contributed by atoms with Gasteiger partial charge in [-0.25, -0.2) is 0 Å². The zero-order chi connectivity index (χ0) is 6.08. The van der Waals surface area contributed by atoms with E-state index in [4.69, 9.17) is 0 Å². The molecule has 7 heavy (non-hydrogen) atoms. The van der Waals surface area contributed by atoms with Gasteiger partial charge in [0.1, 0.15) is 0 Å². The van der Waals surface area contributed by atoms with Crippen molar-refractivity contribution < 1.29 is 13.2 Å². The monoisotopic (exact) mass is 308 g/mol. The molecule has 0 atom stereocenters. The van der Waals surface area contributed by atoms with Crippen LogP contribution in [-0.2, 0) is 0 Å². The Morgan fingerprint density at radius 2 is 1.29 bits per heavy atom. The molecule has 0 saturated carbocycles. The molecule has 4 heteroatoms. The van der Waals surface area contributed by atoms with Crippen LogP contribution in [0.3, 0.4) is 0 Å². The van der Waals surface area contributed by atoms with E-state index >= 15 is 0 Å². The summed E-state index contributed by atoms with van der Waals surface area (Å²) < 4.78 is 32.7. The van der Waals surface area contributed by atoms with Gasteiger partial charge in [-0.15, -0.1) is 0 Å². The van der Waals surface area contributed by atoms with Gasteiger partial charge in [0.15, 0.2) is 0 Å². The first-order valence-corrected chi connectivity index (χ1v) is 13.2. The van der Waals surface area contributed by atoms with E-state index in [2.05, 4.69) is 0 Å². The van der Waals surface area contributed by atoms with E-state index < -0.39 is 26.4 Å². The molecule has 0 nitrogen and oxygen atoms in total. The molecule has 0 heterocycles. The average molecular weight is 307 g/mol. The molecule has 0 rings (SSSR count). The number of hydrogen-bond acceptors (Lipinski definition) is 0. The van der Waals surface area contributed by atoms with E-state index in [0.29, 0.717) is 0 Å².